The fraction of sp³-hybridized carbons (Fsp3) is 0.636. The lowest BCUT2D eigenvalue weighted by Gasteiger charge is -2.18. The van der Waals surface area contributed by atoms with Crippen LogP contribution in [-0.4, -0.2) is 40.0 Å². The van der Waals surface area contributed by atoms with E-state index in [1.165, 1.54) is 6.07 Å². The van der Waals surface area contributed by atoms with Crippen LogP contribution in [0.3, 0.4) is 0 Å². The first-order valence-electron chi connectivity index (χ1n) is 5.91. The maximum absolute atomic E-state index is 11.2. The molecule has 100 valence electrons. The van der Waals surface area contributed by atoms with Gasteiger partial charge in [-0.25, -0.2) is 0 Å². The van der Waals surface area contributed by atoms with Crippen molar-refractivity contribution in [3.05, 3.63) is 22.6 Å². The van der Waals surface area contributed by atoms with Crippen LogP contribution in [0.1, 0.15) is 19.6 Å². The topological polar surface area (TPSA) is 99.6 Å². The molecule has 2 heterocycles. The van der Waals surface area contributed by atoms with Crippen LogP contribution in [0.15, 0.2) is 17.1 Å². The number of rotatable bonds is 4. The van der Waals surface area contributed by atoms with Crippen molar-refractivity contribution >= 4 is 0 Å². The number of aromatic nitrogens is 2. The molecule has 0 aliphatic carbocycles. The van der Waals surface area contributed by atoms with Crippen molar-refractivity contribution < 1.29 is 14.6 Å². The quantitative estimate of drug-likeness (QED) is 0.734. The highest BCUT2D eigenvalue weighted by Gasteiger charge is 2.34. The predicted molar refractivity (Wildman–Crippen MR) is 63.3 cm³/mol. The number of nitrogens with zero attached hydrogens (tertiary/aromatic N) is 2. The van der Waals surface area contributed by atoms with Gasteiger partial charge in [0.25, 0.3) is 5.56 Å². The zero-order valence-corrected chi connectivity index (χ0v) is 10.2. The van der Waals surface area contributed by atoms with E-state index in [-0.39, 0.29) is 18.1 Å². The van der Waals surface area contributed by atoms with E-state index in [2.05, 4.69) is 4.98 Å². The second-order valence-corrected chi connectivity index (χ2v) is 4.06. The summed E-state index contributed by atoms with van der Waals surface area (Å²) in [7, 11) is 0. The summed E-state index contributed by atoms with van der Waals surface area (Å²) >= 11 is 0. The first-order chi connectivity index (χ1) is 8.65. The van der Waals surface area contributed by atoms with Crippen LogP contribution >= 0.6 is 0 Å². The van der Waals surface area contributed by atoms with Crippen molar-refractivity contribution in [3.8, 4) is 6.01 Å². The van der Waals surface area contributed by atoms with Gasteiger partial charge in [-0.15, -0.1) is 0 Å². The number of hydrogen-bond acceptors (Lipinski definition) is 6. The summed E-state index contributed by atoms with van der Waals surface area (Å²) in [6.45, 7) is 2.44. The molecule has 3 N–H and O–H groups in total. The Balaban J connectivity index is 2.25. The molecule has 0 amide bonds. The zero-order valence-electron chi connectivity index (χ0n) is 10.2. The molecule has 0 radical (unpaired) electrons. The van der Waals surface area contributed by atoms with Crippen molar-refractivity contribution in [1.82, 2.24) is 9.55 Å². The average molecular weight is 255 g/mol. The fourth-order valence-corrected chi connectivity index (χ4v) is 1.95. The van der Waals surface area contributed by atoms with Crippen LogP contribution in [0.5, 0.6) is 6.01 Å². The lowest BCUT2D eigenvalue weighted by Crippen LogP contribution is -2.29. The second kappa shape index (κ2) is 5.47. The van der Waals surface area contributed by atoms with E-state index in [1.807, 2.05) is 0 Å². The van der Waals surface area contributed by atoms with Crippen molar-refractivity contribution in [1.29, 1.82) is 0 Å². The molecule has 0 aromatic carbocycles. The van der Waals surface area contributed by atoms with Crippen LogP contribution in [0.4, 0.5) is 0 Å². The van der Waals surface area contributed by atoms with E-state index in [0.29, 0.717) is 13.0 Å². The van der Waals surface area contributed by atoms with Gasteiger partial charge in [0, 0.05) is 25.2 Å². The summed E-state index contributed by atoms with van der Waals surface area (Å²) in [5, 5.41) is 9.75. The van der Waals surface area contributed by atoms with E-state index in [1.54, 1.807) is 17.7 Å². The molecule has 1 saturated heterocycles. The third-order valence-electron chi connectivity index (χ3n) is 2.82. The molecule has 0 spiro atoms. The van der Waals surface area contributed by atoms with E-state index in [9.17, 15) is 9.90 Å². The summed E-state index contributed by atoms with van der Waals surface area (Å²) in [6.07, 6.45) is 0.518. The number of ether oxygens (including phenoxy) is 2. The Kier molecular flexibility index (Phi) is 3.95. The van der Waals surface area contributed by atoms with Crippen LogP contribution in [0.2, 0.25) is 0 Å². The van der Waals surface area contributed by atoms with Crippen molar-refractivity contribution in [3.63, 3.8) is 0 Å². The van der Waals surface area contributed by atoms with E-state index < -0.39 is 18.4 Å². The molecule has 1 fully saturated rings. The molecule has 18 heavy (non-hydrogen) atoms. The maximum Gasteiger partial charge on any atom is 0.301 e. The molecular weight excluding hydrogens is 238 g/mol. The third-order valence-corrected chi connectivity index (χ3v) is 2.82. The number of hydrogen-bond donors (Lipinski definition) is 2. The van der Waals surface area contributed by atoms with Gasteiger partial charge >= 0.3 is 6.01 Å². The summed E-state index contributed by atoms with van der Waals surface area (Å²) in [5.41, 5.74) is 5.12. The summed E-state index contributed by atoms with van der Waals surface area (Å²) < 4.78 is 12.5. The number of aliphatic hydroxyl groups is 1. The van der Waals surface area contributed by atoms with Gasteiger partial charge < -0.3 is 20.3 Å². The monoisotopic (exact) mass is 255 g/mol. The SMILES string of the molecule is CCOc1nc(=O)ccn1C1CC(O)C(CN)O1. The highest BCUT2D eigenvalue weighted by Crippen LogP contribution is 2.30. The minimum Gasteiger partial charge on any atom is -0.465 e. The Bertz CT molecular complexity index is 462. The molecule has 1 aromatic heterocycles. The number of nitrogens with two attached hydrogens (primary N) is 1. The predicted octanol–water partition coefficient (Wildman–Crippen LogP) is -0.751. The largest absolute Gasteiger partial charge is 0.465 e. The summed E-state index contributed by atoms with van der Waals surface area (Å²) in [6, 6.07) is 1.52. The Labute approximate surface area is 104 Å². The van der Waals surface area contributed by atoms with Crippen LogP contribution in [0.25, 0.3) is 0 Å². The molecule has 1 aliphatic heterocycles. The van der Waals surface area contributed by atoms with E-state index in [0.717, 1.165) is 0 Å². The van der Waals surface area contributed by atoms with Gasteiger partial charge in [0.2, 0.25) is 0 Å². The summed E-state index contributed by atoms with van der Waals surface area (Å²) in [4.78, 5) is 15.0. The average Bonchev–Trinajstić information content (AvgIpc) is 2.71. The van der Waals surface area contributed by atoms with Crippen LogP contribution in [0, 0.1) is 0 Å². The minimum absolute atomic E-state index is 0.194. The Hall–Kier alpha value is -1.44. The molecule has 0 saturated carbocycles. The molecule has 7 heteroatoms. The van der Waals surface area contributed by atoms with Gasteiger partial charge in [-0.1, -0.05) is 0 Å². The molecule has 1 aliphatic rings. The van der Waals surface area contributed by atoms with E-state index >= 15 is 0 Å². The van der Waals surface area contributed by atoms with Gasteiger partial charge in [-0.05, 0) is 6.92 Å². The standard InChI is InChI=1S/C11H17N3O4/c1-2-17-11-13-9(16)3-4-14(11)10-5-7(15)8(6-12)18-10/h3-4,7-8,10,15H,2,5-6,12H2,1H3. The van der Waals surface area contributed by atoms with Crippen LogP contribution in [-0.2, 0) is 4.74 Å². The lowest BCUT2D eigenvalue weighted by atomic mass is 10.2. The third kappa shape index (κ3) is 2.53. The fourth-order valence-electron chi connectivity index (χ4n) is 1.95. The normalized spacial score (nSPS) is 27.4. The first-order valence-corrected chi connectivity index (χ1v) is 5.91. The Morgan fingerprint density at radius 1 is 1.72 bits per heavy atom. The van der Waals surface area contributed by atoms with Crippen LogP contribution < -0.4 is 16.0 Å². The highest BCUT2D eigenvalue weighted by atomic mass is 16.5. The first kappa shape index (κ1) is 13.0. The van der Waals surface area contributed by atoms with Gasteiger partial charge in [-0.3, -0.25) is 9.36 Å². The maximum atomic E-state index is 11.2. The van der Waals surface area contributed by atoms with Crippen molar-refractivity contribution in [2.24, 2.45) is 5.73 Å². The zero-order chi connectivity index (χ0) is 13.1. The van der Waals surface area contributed by atoms with Crippen molar-refractivity contribution in [2.45, 2.75) is 31.8 Å². The summed E-state index contributed by atoms with van der Waals surface area (Å²) in [5.74, 6) is 0. The Morgan fingerprint density at radius 2 is 2.50 bits per heavy atom. The highest BCUT2D eigenvalue weighted by molar-refractivity contribution is 5.01. The van der Waals surface area contributed by atoms with Gasteiger partial charge in [0.15, 0.2) is 0 Å². The van der Waals surface area contributed by atoms with Crippen molar-refractivity contribution in [2.75, 3.05) is 13.2 Å². The van der Waals surface area contributed by atoms with Gasteiger partial charge in [0.05, 0.1) is 18.8 Å². The molecule has 3 atom stereocenters. The van der Waals surface area contributed by atoms with E-state index in [4.69, 9.17) is 15.2 Å². The van der Waals surface area contributed by atoms with Gasteiger partial charge in [-0.2, -0.15) is 4.98 Å². The second-order valence-electron chi connectivity index (χ2n) is 4.06. The molecular formula is C11H17N3O4. The molecule has 3 unspecified atom stereocenters. The smallest absolute Gasteiger partial charge is 0.301 e. The molecule has 0 bridgehead atoms. The molecule has 2 rings (SSSR count). The number of aliphatic hydroxyl groups excluding tert-OH is 1. The molecule has 7 nitrogen and oxygen atoms in total. The molecule has 1 aromatic rings. The van der Waals surface area contributed by atoms with Gasteiger partial charge in [0.1, 0.15) is 6.23 Å². The minimum atomic E-state index is -0.617. The lowest BCUT2D eigenvalue weighted by molar-refractivity contribution is -0.0173. The Morgan fingerprint density at radius 3 is 3.11 bits per heavy atom.